The Morgan fingerprint density at radius 3 is 2.50 bits per heavy atom. The highest BCUT2D eigenvalue weighted by Gasteiger charge is 2.14. The average molecular weight is 447 g/mol. The van der Waals surface area contributed by atoms with Gasteiger partial charge in [0.1, 0.15) is 34.6 Å². The molecule has 158 valence electrons. The van der Waals surface area contributed by atoms with E-state index >= 15 is 0 Å². The van der Waals surface area contributed by atoms with Gasteiger partial charge in [-0.05, 0) is 30.3 Å². The van der Waals surface area contributed by atoms with Gasteiger partial charge in [-0.15, -0.1) is 11.3 Å². The van der Waals surface area contributed by atoms with Crippen LogP contribution in [0, 0.1) is 11.6 Å². The minimum atomic E-state index is -0.680. The van der Waals surface area contributed by atoms with E-state index in [9.17, 15) is 13.6 Å². The van der Waals surface area contributed by atoms with Crippen LogP contribution < -0.4 is 10.4 Å². The van der Waals surface area contributed by atoms with Crippen molar-refractivity contribution in [1.29, 1.82) is 0 Å². The summed E-state index contributed by atoms with van der Waals surface area (Å²) < 4.78 is 38.6. The molecule has 0 saturated heterocycles. The lowest BCUT2D eigenvalue weighted by molar-refractivity contribution is 0.292. The first-order chi connectivity index (χ1) is 15.6. The first-order valence-corrected chi connectivity index (χ1v) is 10.6. The molecule has 0 spiro atoms. The van der Waals surface area contributed by atoms with Gasteiger partial charge in [-0.25, -0.2) is 18.6 Å². The number of fused-ring (bicyclic) bond motifs is 1. The van der Waals surface area contributed by atoms with Gasteiger partial charge in [0.05, 0.1) is 16.8 Å². The Morgan fingerprint density at radius 1 is 0.938 bits per heavy atom. The van der Waals surface area contributed by atoms with Gasteiger partial charge >= 0.3 is 5.63 Å². The molecule has 0 aliphatic carbocycles. The van der Waals surface area contributed by atoms with Crippen molar-refractivity contribution in [2.75, 3.05) is 0 Å². The van der Waals surface area contributed by atoms with Crippen LogP contribution in [0.2, 0.25) is 0 Å². The fourth-order valence-electron chi connectivity index (χ4n) is 3.30. The Morgan fingerprint density at radius 2 is 1.72 bits per heavy atom. The maximum Gasteiger partial charge on any atom is 0.346 e. The highest BCUT2D eigenvalue weighted by molar-refractivity contribution is 7.13. The predicted molar refractivity (Wildman–Crippen MR) is 120 cm³/mol. The van der Waals surface area contributed by atoms with E-state index in [-0.39, 0.29) is 12.2 Å². The number of hydrogen-bond acceptors (Lipinski definition) is 5. The summed E-state index contributed by atoms with van der Waals surface area (Å²) in [5.74, 6) is -1.03. The molecule has 0 saturated carbocycles. The van der Waals surface area contributed by atoms with Gasteiger partial charge in [0.2, 0.25) is 0 Å². The Bertz CT molecular complexity index is 1460. The third-order valence-electron chi connectivity index (χ3n) is 4.96. The first kappa shape index (κ1) is 20.1. The Kier molecular flexibility index (Phi) is 5.25. The monoisotopic (exact) mass is 447 g/mol. The predicted octanol–water partition coefficient (Wildman–Crippen LogP) is 6.44. The van der Waals surface area contributed by atoms with Gasteiger partial charge in [0.15, 0.2) is 0 Å². The third kappa shape index (κ3) is 3.90. The van der Waals surface area contributed by atoms with Crippen LogP contribution in [-0.2, 0) is 6.61 Å². The molecule has 0 N–H and O–H groups in total. The molecule has 5 aromatic rings. The number of ether oxygens (including phenoxy) is 1. The van der Waals surface area contributed by atoms with E-state index in [1.165, 1.54) is 35.6 Å². The number of benzene rings is 3. The quantitative estimate of drug-likeness (QED) is 0.291. The van der Waals surface area contributed by atoms with Crippen LogP contribution in [0.5, 0.6) is 5.75 Å². The van der Waals surface area contributed by atoms with Crippen molar-refractivity contribution in [1.82, 2.24) is 4.98 Å². The zero-order valence-electron chi connectivity index (χ0n) is 16.5. The van der Waals surface area contributed by atoms with Crippen molar-refractivity contribution >= 4 is 22.3 Å². The van der Waals surface area contributed by atoms with Crippen LogP contribution in [0.15, 0.2) is 87.4 Å². The summed E-state index contributed by atoms with van der Waals surface area (Å²) in [5.41, 5.74) is 1.74. The van der Waals surface area contributed by atoms with E-state index in [1.54, 1.807) is 18.2 Å². The minimum absolute atomic E-state index is 0.164. The molecule has 4 nitrogen and oxygen atoms in total. The maximum absolute atomic E-state index is 13.8. The first-order valence-electron chi connectivity index (χ1n) is 9.73. The summed E-state index contributed by atoms with van der Waals surface area (Å²) in [6.45, 7) is -0.284. The molecule has 0 aliphatic rings. The zero-order chi connectivity index (χ0) is 22.1. The molecule has 7 heteroatoms. The van der Waals surface area contributed by atoms with E-state index in [1.807, 2.05) is 35.7 Å². The molecular formula is C25H15F2NO3S. The van der Waals surface area contributed by atoms with Crippen LogP contribution in [0.3, 0.4) is 0 Å². The minimum Gasteiger partial charge on any atom is -0.489 e. The van der Waals surface area contributed by atoms with Crippen LogP contribution in [0.4, 0.5) is 8.78 Å². The molecule has 2 heterocycles. The third-order valence-corrected chi connectivity index (χ3v) is 5.83. The van der Waals surface area contributed by atoms with Gasteiger partial charge in [0.25, 0.3) is 0 Å². The Balaban J connectivity index is 1.43. The molecule has 5 rings (SSSR count). The highest BCUT2D eigenvalue weighted by Crippen LogP contribution is 2.30. The van der Waals surface area contributed by atoms with Gasteiger partial charge in [-0.3, -0.25) is 0 Å². The van der Waals surface area contributed by atoms with Crippen molar-refractivity contribution in [2.24, 2.45) is 0 Å². The summed E-state index contributed by atoms with van der Waals surface area (Å²) in [6.07, 6.45) is 0. The second-order valence-electron chi connectivity index (χ2n) is 7.04. The Labute approximate surface area is 185 Å². The SMILES string of the molecule is O=c1oc2cc(OCc3c(F)cccc3F)ccc2cc1-c1nc(-c2ccccc2)cs1. The average Bonchev–Trinajstić information content (AvgIpc) is 3.29. The fourth-order valence-corrected chi connectivity index (χ4v) is 4.13. The van der Waals surface area contributed by atoms with Crippen LogP contribution in [-0.4, -0.2) is 4.98 Å². The lowest BCUT2D eigenvalue weighted by Crippen LogP contribution is -2.03. The normalized spacial score (nSPS) is 11.1. The van der Waals surface area contributed by atoms with Crippen molar-refractivity contribution in [3.63, 3.8) is 0 Å². The fraction of sp³-hybridized carbons (Fsp3) is 0.0400. The molecular weight excluding hydrogens is 432 g/mol. The molecule has 0 radical (unpaired) electrons. The molecule has 0 aliphatic heterocycles. The van der Waals surface area contributed by atoms with Gasteiger partial charge in [-0.2, -0.15) is 0 Å². The molecule has 0 amide bonds. The molecule has 0 unspecified atom stereocenters. The number of nitrogens with zero attached hydrogens (tertiary/aromatic N) is 1. The number of aromatic nitrogens is 1. The van der Waals surface area contributed by atoms with Gasteiger partial charge in [0, 0.05) is 22.4 Å². The lowest BCUT2D eigenvalue weighted by atomic mass is 10.1. The van der Waals surface area contributed by atoms with E-state index in [0.29, 0.717) is 27.3 Å². The molecule has 0 atom stereocenters. The number of halogens is 2. The van der Waals surface area contributed by atoms with Crippen LogP contribution in [0.25, 0.3) is 32.8 Å². The molecule has 0 fully saturated rings. The van der Waals surface area contributed by atoms with E-state index < -0.39 is 17.3 Å². The lowest BCUT2D eigenvalue weighted by Gasteiger charge is -2.09. The number of rotatable bonds is 5. The Hall–Kier alpha value is -3.84. The summed E-state index contributed by atoms with van der Waals surface area (Å²) in [6, 6.07) is 20.0. The van der Waals surface area contributed by atoms with Crippen molar-refractivity contribution < 1.29 is 17.9 Å². The summed E-state index contributed by atoms with van der Waals surface area (Å²) in [5, 5.41) is 3.14. The van der Waals surface area contributed by atoms with Crippen LogP contribution >= 0.6 is 11.3 Å². The van der Waals surface area contributed by atoms with Gasteiger partial charge in [-0.1, -0.05) is 36.4 Å². The highest BCUT2D eigenvalue weighted by atomic mass is 32.1. The number of thiazole rings is 1. The van der Waals surface area contributed by atoms with Crippen molar-refractivity contribution in [3.05, 3.63) is 106 Å². The summed E-state index contributed by atoms with van der Waals surface area (Å²) >= 11 is 1.36. The second kappa shape index (κ2) is 8.36. The second-order valence-corrected chi connectivity index (χ2v) is 7.90. The molecule has 32 heavy (non-hydrogen) atoms. The molecule has 2 aromatic heterocycles. The standard InChI is InChI=1S/C25H15F2NO3S/c26-20-7-4-8-21(27)19(20)13-30-17-10-9-16-11-18(25(29)31-23(16)12-17)24-28-22(14-32-24)15-5-2-1-3-6-15/h1-12,14H,13H2. The molecule has 3 aromatic carbocycles. The largest absolute Gasteiger partial charge is 0.489 e. The zero-order valence-corrected chi connectivity index (χ0v) is 17.4. The summed E-state index contributed by atoms with van der Waals surface area (Å²) in [7, 11) is 0. The topological polar surface area (TPSA) is 52.3 Å². The van der Waals surface area contributed by atoms with E-state index in [4.69, 9.17) is 9.15 Å². The maximum atomic E-state index is 13.8. The van der Waals surface area contributed by atoms with E-state index in [2.05, 4.69) is 4.98 Å². The van der Waals surface area contributed by atoms with Crippen molar-refractivity contribution in [2.45, 2.75) is 6.61 Å². The number of hydrogen-bond donors (Lipinski definition) is 0. The van der Waals surface area contributed by atoms with Crippen molar-refractivity contribution in [3.8, 4) is 27.6 Å². The van der Waals surface area contributed by atoms with Crippen LogP contribution in [0.1, 0.15) is 5.56 Å². The molecule has 0 bridgehead atoms. The smallest absolute Gasteiger partial charge is 0.346 e. The summed E-state index contributed by atoms with van der Waals surface area (Å²) in [4.78, 5) is 17.2. The van der Waals surface area contributed by atoms with E-state index in [0.717, 1.165) is 11.3 Å². The van der Waals surface area contributed by atoms with Gasteiger partial charge < -0.3 is 9.15 Å².